The molecule has 1 heterocycles. The van der Waals surface area contributed by atoms with Crippen LogP contribution in [0.25, 0.3) is 0 Å². The third-order valence-electron chi connectivity index (χ3n) is 1.77. The molecule has 1 aliphatic rings. The van der Waals surface area contributed by atoms with Gasteiger partial charge in [0, 0.05) is 12.5 Å². The van der Waals surface area contributed by atoms with E-state index < -0.39 is 0 Å². The van der Waals surface area contributed by atoms with Crippen LogP contribution in [0.4, 0.5) is 0 Å². The molecule has 1 aliphatic heterocycles. The van der Waals surface area contributed by atoms with Crippen molar-refractivity contribution in [2.75, 3.05) is 19.1 Å². The van der Waals surface area contributed by atoms with Crippen molar-refractivity contribution in [1.82, 2.24) is 0 Å². The molecule has 1 rings (SSSR count). The van der Waals surface area contributed by atoms with E-state index in [4.69, 9.17) is 21.1 Å². The minimum atomic E-state index is 0.0104. The molecule has 1 unspecified atom stereocenters. The van der Waals surface area contributed by atoms with Crippen molar-refractivity contribution >= 4 is 11.6 Å². The van der Waals surface area contributed by atoms with E-state index in [2.05, 4.69) is 0 Å². The van der Waals surface area contributed by atoms with Gasteiger partial charge in [-0.15, -0.1) is 11.6 Å². The lowest BCUT2D eigenvalue weighted by molar-refractivity contribution is -0.136. The number of ether oxygens (including phenoxy) is 2. The Morgan fingerprint density at radius 3 is 3.09 bits per heavy atom. The lowest BCUT2D eigenvalue weighted by Gasteiger charge is -2.14. The summed E-state index contributed by atoms with van der Waals surface area (Å²) in [6, 6.07) is 0. The molecule has 0 amide bonds. The molecule has 0 aromatic heterocycles. The minimum absolute atomic E-state index is 0.0104. The van der Waals surface area contributed by atoms with Crippen LogP contribution in [0.2, 0.25) is 0 Å². The summed E-state index contributed by atoms with van der Waals surface area (Å²) in [6.07, 6.45) is 4.68. The van der Waals surface area contributed by atoms with Gasteiger partial charge in [0.15, 0.2) is 6.29 Å². The van der Waals surface area contributed by atoms with Gasteiger partial charge >= 0.3 is 0 Å². The number of hydrogen-bond acceptors (Lipinski definition) is 2. The van der Waals surface area contributed by atoms with Crippen LogP contribution >= 0.6 is 11.6 Å². The molecule has 0 spiro atoms. The van der Waals surface area contributed by atoms with Gasteiger partial charge in [-0.3, -0.25) is 0 Å². The molecule has 0 N–H and O–H groups in total. The Morgan fingerprint density at radius 1 is 1.36 bits per heavy atom. The van der Waals surface area contributed by atoms with Crippen LogP contribution in [0, 0.1) is 0 Å². The zero-order valence-electron chi connectivity index (χ0n) is 6.72. The summed E-state index contributed by atoms with van der Waals surface area (Å²) in [6.45, 7) is 1.44. The molecule has 11 heavy (non-hydrogen) atoms. The van der Waals surface area contributed by atoms with Crippen LogP contribution in [0.3, 0.4) is 0 Å². The van der Waals surface area contributed by atoms with E-state index in [1.54, 1.807) is 0 Å². The van der Waals surface area contributed by atoms with E-state index >= 15 is 0 Å². The molecule has 3 heteroatoms. The molecule has 0 bridgehead atoms. The van der Waals surface area contributed by atoms with E-state index in [9.17, 15) is 0 Å². The van der Waals surface area contributed by atoms with Gasteiger partial charge in [-0.1, -0.05) is 6.42 Å². The monoisotopic (exact) mass is 178 g/mol. The second kappa shape index (κ2) is 5.81. The van der Waals surface area contributed by atoms with Gasteiger partial charge in [0.25, 0.3) is 0 Å². The third-order valence-corrected chi connectivity index (χ3v) is 1.92. The quantitative estimate of drug-likeness (QED) is 0.617. The molecular formula is C8H15ClO2. The highest BCUT2D eigenvalue weighted by Gasteiger charge is 2.11. The predicted molar refractivity (Wildman–Crippen MR) is 44.9 cm³/mol. The number of alkyl halides is 1. The third kappa shape index (κ3) is 3.94. The summed E-state index contributed by atoms with van der Waals surface area (Å²) < 4.78 is 10.8. The van der Waals surface area contributed by atoms with Gasteiger partial charge in [-0.25, -0.2) is 0 Å². The number of rotatable bonds is 3. The van der Waals surface area contributed by atoms with Gasteiger partial charge in [-0.2, -0.15) is 0 Å². The van der Waals surface area contributed by atoms with Crippen molar-refractivity contribution in [3.63, 3.8) is 0 Å². The normalized spacial score (nSPS) is 26.5. The number of hydrogen-bond donors (Lipinski definition) is 0. The Kier molecular flexibility index (Phi) is 4.91. The molecule has 0 aliphatic carbocycles. The van der Waals surface area contributed by atoms with Crippen molar-refractivity contribution < 1.29 is 9.47 Å². The second-order valence-corrected chi connectivity index (χ2v) is 3.09. The Labute approximate surface area is 72.8 Å². The van der Waals surface area contributed by atoms with Gasteiger partial charge in [0.05, 0.1) is 6.61 Å². The van der Waals surface area contributed by atoms with Crippen molar-refractivity contribution in [2.45, 2.75) is 32.0 Å². The van der Waals surface area contributed by atoms with Crippen LogP contribution < -0.4 is 0 Å². The van der Waals surface area contributed by atoms with Crippen LogP contribution in [-0.2, 0) is 9.47 Å². The van der Waals surface area contributed by atoms with Crippen molar-refractivity contribution in [1.29, 1.82) is 0 Å². The summed E-state index contributed by atoms with van der Waals surface area (Å²) in [5.41, 5.74) is 0. The van der Waals surface area contributed by atoms with Gasteiger partial charge in [0.2, 0.25) is 0 Å². The highest BCUT2D eigenvalue weighted by atomic mass is 35.5. The molecule has 0 aromatic carbocycles. The Morgan fingerprint density at radius 2 is 2.27 bits per heavy atom. The van der Waals surface area contributed by atoms with Gasteiger partial charge < -0.3 is 9.47 Å². The Bertz CT molecular complexity index is 90.1. The highest BCUT2D eigenvalue weighted by Crippen LogP contribution is 2.13. The zero-order chi connectivity index (χ0) is 7.94. The Hall–Kier alpha value is 0.210. The molecule has 1 atom stereocenters. The van der Waals surface area contributed by atoms with Crippen molar-refractivity contribution in [3.05, 3.63) is 0 Å². The molecule has 0 aromatic rings. The van der Waals surface area contributed by atoms with Crippen molar-refractivity contribution in [2.24, 2.45) is 0 Å². The molecule has 2 nitrogen and oxygen atoms in total. The van der Waals surface area contributed by atoms with E-state index in [0.717, 1.165) is 13.0 Å². The first-order chi connectivity index (χ1) is 5.43. The summed E-state index contributed by atoms with van der Waals surface area (Å²) in [5, 5.41) is 0. The summed E-state index contributed by atoms with van der Waals surface area (Å²) in [7, 11) is 0. The first-order valence-corrected chi connectivity index (χ1v) is 4.76. The molecule has 66 valence electrons. The molecule has 1 saturated heterocycles. The smallest absolute Gasteiger partial charge is 0.157 e. The van der Waals surface area contributed by atoms with Crippen LogP contribution in [0.15, 0.2) is 0 Å². The fourth-order valence-corrected chi connectivity index (χ4v) is 1.28. The molecule has 0 saturated carbocycles. The fraction of sp³-hybridized carbons (Fsp3) is 1.00. The maximum Gasteiger partial charge on any atom is 0.157 e. The summed E-state index contributed by atoms with van der Waals surface area (Å²) in [4.78, 5) is 0. The van der Waals surface area contributed by atoms with Crippen LogP contribution in [0.1, 0.15) is 25.7 Å². The van der Waals surface area contributed by atoms with E-state index in [-0.39, 0.29) is 6.29 Å². The first-order valence-electron chi connectivity index (χ1n) is 4.22. The maximum atomic E-state index is 5.48. The van der Waals surface area contributed by atoms with Gasteiger partial charge in [-0.05, 0) is 19.3 Å². The minimum Gasteiger partial charge on any atom is -0.353 e. The van der Waals surface area contributed by atoms with E-state index in [0.29, 0.717) is 12.5 Å². The molecule has 0 radical (unpaired) electrons. The van der Waals surface area contributed by atoms with Crippen LogP contribution in [0.5, 0.6) is 0 Å². The zero-order valence-corrected chi connectivity index (χ0v) is 7.48. The average molecular weight is 179 g/mol. The number of halogens is 1. The van der Waals surface area contributed by atoms with Gasteiger partial charge in [0.1, 0.15) is 0 Å². The lowest BCUT2D eigenvalue weighted by atomic mass is 10.2. The molecular weight excluding hydrogens is 164 g/mol. The largest absolute Gasteiger partial charge is 0.353 e. The molecule has 1 fully saturated rings. The predicted octanol–water partition coefficient (Wildman–Crippen LogP) is 2.16. The second-order valence-electron chi connectivity index (χ2n) is 2.71. The van der Waals surface area contributed by atoms with Crippen molar-refractivity contribution in [3.8, 4) is 0 Å². The lowest BCUT2D eigenvalue weighted by Crippen LogP contribution is -2.17. The van der Waals surface area contributed by atoms with E-state index in [1.165, 1.54) is 19.3 Å². The Balaban J connectivity index is 2.09. The standard InChI is InChI=1S/C8H15ClO2/c9-5-7-11-8-4-2-1-3-6-10-8/h8H,1-7H2. The first kappa shape index (κ1) is 9.30. The van der Waals surface area contributed by atoms with E-state index in [1.807, 2.05) is 0 Å². The fourth-order valence-electron chi connectivity index (χ4n) is 1.20. The highest BCUT2D eigenvalue weighted by molar-refractivity contribution is 6.17. The summed E-state index contributed by atoms with van der Waals surface area (Å²) in [5.74, 6) is 0.555. The topological polar surface area (TPSA) is 18.5 Å². The summed E-state index contributed by atoms with van der Waals surface area (Å²) >= 11 is 5.48. The SMILES string of the molecule is ClCCOC1CCCCCO1. The average Bonchev–Trinajstić information content (AvgIpc) is 2.28. The maximum absolute atomic E-state index is 5.48. The van der Waals surface area contributed by atoms with Crippen LogP contribution in [-0.4, -0.2) is 25.4 Å².